The van der Waals surface area contributed by atoms with E-state index >= 15 is 0 Å². The predicted molar refractivity (Wildman–Crippen MR) is 117 cm³/mol. The van der Waals surface area contributed by atoms with Crippen LogP contribution in [0.25, 0.3) is 12.2 Å². The molecule has 0 saturated heterocycles. The van der Waals surface area contributed by atoms with Crippen molar-refractivity contribution in [2.45, 2.75) is 6.92 Å². The maximum Gasteiger partial charge on any atom is 0.308 e. The SMILES string of the molecule is COc1ccc(C=c2[nH]c(=O)c(=Cc3cccc(C(=S)OC(C)=O)c3)[nH]c2=O)cc1. The highest BCUT2D eigenvalue weighted by atomic mass is 32.1. The zero-order chi connectivity index (χ0) is 21.7. The summed E-state index contributed by atoms with van der Waals surface area (Å²) in [7, 11) is 1.57. The number of ether oxygens (including phenoxy) is 2. The van der Waals surface area contributed by atoms with Gasteiger partial charge in [0.2, 0.25) is 5.05 Å². The molecule has 8 heteroatoms. The Labute approximate surface area is 176 Å². The molecule has 0 unspecified atom stereocenters. The lowest BCUT2D eigenvalue weighted by Crippen LogP contribution is -2.46. The normalized spacial score (nSPS) is 11.9. The Hall–Kier alpha value is -3.78. The van der Waals surface area contributed by atoms with E-state index in [0.29, 0.717) is 16.9 Å². The number of rotatable bonds is 4. The quantitative estimate of drug-likeness (QED) is 0.480. The molecule has 3 rings (SSSR count). The number of methoxy groups -OCH3 is 1. The average Bonchev–Trinajstić information content (AvgIpc) is 2.72. The number of aromatic amines is 2. The van der Waals surface area contributed by atoms with Crippen molar-refractivity contribution in [1.29, 1.82) is 0 Å². The van der Waals surface area contributed by atoms with E-state index in [1.165, 1.54) is 13.0 Å². The zero-order valence-corrected chi connectivity index (χ0v) is 17.0. The smallest absolute Gasteiger partial charge is 0.308 e. The van der Waals surface area contributed by atoms with Crippen molar-refractivity contribution in [2.75, 3.05) is 7.11 Å². The van der Waals surface area contributed by atoms with Gasteiger partial charge in [0, 0.05) is 12.5 Å². The molecular weight excluding hydrogens is 404 g/mol. The van der Waals surface area contributed by atoms with Gasteiger partial charge in [-0.15, -0.1) is 0 Å². The number of carbonyl (C=O) groups excluding carboxylic acids is 1. The fourth-order valence-electron chi connectivity index (χ4n) is 2.67. The van der Waals surface area contributed by atoms with Crippen molar-refractivity contribution < 1.29 is 14.3 Å². The molecule has 0 saturated carbocycles. The lowest BCUT2D eigenvalue weighted by atomic mass is 10.1. The summed E-state index contributed by atoms with van der Waals surface area (Å²) in [4.78, 5) is 41.1. The van der Waals surface area contributed by atoms with Crippen molar-refractivity contribution in [2.24, 2.45) is 0 Å². The summed E-state index contributed by atoms with van der Waals surface area (Å²) in [6.45, 7) is 1.26. The molecule has 1 aromatic heterocycles. The van der Waals surface area contributed by atoms with Crippen LogP contribution in [0.2, 0.25) is 0 Å². The summed E-state index contributed by atoms with van der Waals surface area (Å²) < 4.78 is 10.0. The number of aromatic nitrogens is 2. The third kappa shape index (κ3) is 5.18. The Balaban J connectivity index is 1.99. The van der Waals surface area contributed by atoms with Crippen LogP contribution in [-0.2, 0) is 9.53 Å². The summed E-state index contributed by atoms with van der Waals surface area (Å²) in [5, 5.41) is 0.249. The number of benzene rings is 2. The molecule has 152 valence electrons. The van der Waals surface area contributed by atoms with Crippen LogP contribution in [0.5, 0.6) is 5.75 Å². The summed E-state index contributed by atoms with van der Waals surface area (Å²) in [5.41, 5.74) is 0.957. The van der Waals surface area contributed by atoms with Crippen LogP contribution in [0.3, 0.4) is 0 Å². The van der Waals surface area contributed by atoms with Crippen LogP contribution in [0.15, 0.2) is 58.1 Å². The Morgan fingerprint density at radius 2 is 1.53 bits per heavy atom. The second kappa shape index (κ2) is 9.15. The van der Waals surface area contributed by atoms with Gasteiger partial charge in [-0.05, 0) is 53.7 Å². The second-order valence-corrected chi connectivity index (χ2v) is 6.67. The van der Waals surface area contributed by atoms with Gasteiger partial charge in [0.05, 0.1) is 7.11 Å². The Morgan fingerprint density at radius 1 is 0.933 bits per heavy atom. The number of esters is 1. The van der Waals surface area contributed by atoms with Crippen molar-refractivity contribution >= 4 is 35.4 Å². The first-order chi connectivity index (χ1) is 14.4. The maximum atomic E-state index is 12.5. The lowest BCUT2D eigenvalue weighted by molar-refractivity contribution is -0.132. The highest BCUT2D eigenvalue weighted by Gasteiger charge is 2.06. The first kappa shape index (κ1) is 20.9. The van der Waals surface area contributed by atoms with E-state index in [1.54, 1.807) is 61.7 Å². The minimum Gasteiger partial charge on any atom is -0.497 e. The lowest BCUT2D eigenvalue weighted by Gasteiger charge is -2.04. The highest BCUT2D eigenvalue weighted by Crippen LogP contribution is 2.11. The molecule has 0 fully saturated rings. The number of nitrogens with one attached hydrogen (secondary N) is 2. The van der Waals surface area contributed by atoms with Gasteiger partial charge >= 0.3 is 5.97 Å². The van der Waals surface area contributed by atoms with Gasteiger partial charge in [-0.25, -0.2) is 0 Å². The topological polar surface area (TPSA) is 101 Å². The fraction of sp³-hybridized carbons (Fsp3) is 0.0909. The summed E-state index contributed by atoms with van der Waals surface area (Å²) in [5.74, 6) is 0.175. The molecule has 0 bridgehead atoms. The van der Waals surface area contributed by atoms with Crippen molar-refractivity contribution in [3.8, 4) is 5.75 Å². The number of thiocarbonyl (C=S) groups is 1. The van der Waals surface area contributed by atoms with Gasteiger partial charge in [-0.2, -0.15) is 0 Å². The number of H-pyrrole nitrogens is 2. The molecule has 0 amide bonds. The van der Waals surface area contributed by atoms with E-state index in [-0.39, 0.29) is 15.7 Å². The van der Waals surface area contributed by atoms with Gasteiger partial charge in [0.15, 0.2) is 0 Å². The molecule has 0 aliphatic rings. The molecular formula is C22H18N2O5S. The second-order valence-electron chi connectivity index (χ2n) is 6.30. The molecule has 0 spiro atoms. The first-order valence-electron chi connectivity index (χ1n) is 8.88. The van der Waals surface area contributed by atoms with Crippen LogP contribution in [0.1, 0.15) is 23.6 Å². The van der Waals surface area contributed by atoms with Crippen LogP contribution in [0, 0.1) is 0 Å². The molecule has 7 nitrogen and oxygen atoms in total. The third-order valence-electron chi connectivity index (χ3n) is 4.08. The van der Waals surface area contributed by atoms with Crippen LogP contribution in [-0.4, -0.2) is 28.1 Å². The van der Waals surface area contributed by atoms with E-state index in [0.717, 1.165) is 5.56 Å². The molecule has 0 radical (unpaired) electrons. The number of hydrogen-bond donors (Lipinski definition) is 2. The number of hydrogen-bond acceptors (Lipinski definition) is 6. The largest absolute Gasteiger partial charge is 0.497 e. The van der Waals surface area contributed by atoms with E-state index in [4.69, 9.17) is 21.7 Å². The maximum absolute atomic E-state index is 12.5. The Bertz CT molecular complexity index is 1340. The summed E-state index contributed by atoms with van der Waals surface area (Å²) >= 11 is 5.07. The van der Waals surface area contributed by atoms with Crippen LogP contribution in [0.4, 0.5) is 0 Å². The zero-order valence-electron chi connectivity index (χ0n) is 16.2. The first-order valence-corrected chi connectivity index (χ1v) is 9.29. The predicted octanol–water partition coefficient (Wildman–Crippen LogP) is 0.968. The van der Waals surface area contributed by atoms with E-state index < -0.39 is 17.1 Å². The van der Waals surface area contributed by atoms with Gasteiger partial charge in [-0.1, -0.05) is 30.3 Å². The minimum absolute atomic E-state index is 0.0320. The Morgan fingerprint density at radius 3 is 2.10 bits per heavy atom. The molecule has 0 atom stereocenters. The molecule has 30 heavy (non-hydrogen) atoms. The summed E-state index contributed by atoms with van der Waals surface area (Å²) in [6, 6.07) is 13.8. The van der Waals surface area contributed by atoms with E-state index in [2.05, 4.69) is 9.97 Å². The highest BCUT2D eigenvalue weighted by molar-refractivity contribution is 7.80. The van der Waals surface area contributed by atoms with E-state index in [9.17, 15) is 14.4 Å². The minimum atomic E-state index is -0.515. The monoisotopic (exact) mass is 422 g/mol. The van der Waals surface area contributed by atoms with Crippen LogP contribution < -0.4 is 26.6 Å². The van der Waals surface area contributed by atoms with Gasteiger partial charge in [0.1, 0.15) is 16.4 Å². The molecule has 2 aromatic carbocycles. The van der Waals surface area contributed by atoms with E-state index in [1.807, 2.05) is 0 Å². The fourth-order valence-corrected chi connectivity index (χ4v) is 2.92. The molecule has 0 aliphatic heterocycles. The van der Waals surface area contributed by atoms with Gasteiger partial charge in [0.25, 0.3) is 11.1 Å². The van der Waals surface area contributed by atoms with Crippen LogP contribution >= 0.6 is 12.2 Å². The summed E-state index contributed by atoms with van der Waals surface area (Å²) in [6.07, 6.45) is 3.08. The van der Waals surface area contributed by atoms with Gasteiger partial charge in [-0.3, -0.25) is 14.4 Å². The molecule has 1 heterocycles. The molecule has 0 aliphatic carbocycles. The standard InChI is InChI=1S/C22H18N2O5S/c1-13(25)29-22(30)16-5-3-4-15(10-16)12-19-21(27)23-18(20(26)24-19)11-14-6-8-17(28-2)9-7-14/h3-12H,1-2H3,(H,23,27)(H,24,26). The molecule has 2 N–H and O–H groups in total. The third-order valence-corrected chi connectivity index (χ3v) is 4.40. The number of carbonyl (C=O) groups is 1. The van der Waals surface area contributed by atoms with Crippen molar-refractivity contribution in [3.05, 3.63) is 96.6 Å². The molecule has 3 aromatic rings. The van der Waals surface area contributed by atoms with Crippen molar-refractivity contribution in [3.63, 3.8) is 0 Å². The Kier molecular flexibility index (Phi) is 6.38. The van der Waals surface area contributed by atoms with Crippen molar-refractivity contribution in [1.82, 2.24) is 9.97 Å². The average molecular weight is 422 g/mol. The van der Waals surface area contributed by atoms with Gasteiger partial charge < -0.3 is 19.4 Å².